The molecule has 2 saturated carbocycles. The lowest BCUT2D eigenvalue weighted by atomic mass is 9.70. The van der Waals surface area contributed by atoms with Crippen molar-refractivity contribution in [2.24, 2.45) is 11.8 Å². The maximum Gasteiger partial charge on any atom is 0.135 e. The smallest absolute Gasteiger partial charge is 0.135 e. The maximum atomic E-state index is 11.6. The second kappa shape index (κ2) is 9.09. The van der Waals surface area contributed by atoms with E-state index in [1.165, 1.54) is 38.5 Å². The molecule has 0 unspecified atom stereocenters. The number of hydrogen-bond acceptors (Lipinski definition) is 4. The first-order valence-electron chi connectivity index (χ1n) is 11.6. The highest BCUT2D eigenvalue weighted by atomic mass is 16.4. The van der Waals surface area contributed by atoms with E-state index in [1.54, 1.807) is 0 Å². The van der Waals surface area contributed by atoms with Gasteiger partial charge in [-0.1, -0.05) is 45.4 Å². The van der Waals surface area contributed by atoms with Gasteiger partial charge in [0, 0.05) is 0 Å². The number of hydrogen-bond donors (Lipinski definition) is 1. The van der Waals surface area contributed by atoms with Crippen molar-refractivity contribution < 1.29 is 13.9 Å². The molecule has 1 N–H and O–H groups in total. The first-order chi connectivity index (χ1) is 14.0. The second-order valence-corrected chi connectivity index (χ2v) is 9.52. The molecule has 0 atom stereocenters. The van der Waals surface area contributed by atoms with Gasteiger partial charge in [-0.2, -0.15) is 0 Å². The molecule has 4 nitrogen and oxygen atoms in total. The third-order valence-corrected chi connectivity index (χ3v) is 6.92. The monoisotopic (exact) mass is 399 g/mol. The Morgan fingerprint density at radius 3 is 2.00 bits per heavy atom. The number of aryl methyl sites for hydroxylation is 1. The normalized spacial score (nSPS) is 18.2. The standard InChI is InChI=1S/C25H37NO3/c1-3-14-26(17-22-11-10-19(2)28-22)18-23-12-13-24(29-23)25(27,15-20-6-4-7-20)16-21-8-5-9-21/h10-13,20-21,27H,3-9,14-18H2,1-2H3. The van der Waals surface area contributed by atoms with E-state index in [-0.39, 0.29) is 0 Å². The zero-order valence-electron chi connectivity index (χ0n) is 18.2. The molecule has 4 heteroatoms. The van der Waals surface area contributed by atoms with Crippen molar-refractivity contribution in [1.29, 1.82) is 0 Å². The zero-order valence-corrected chi connectivity index (χ0v) is 18.2. The van der Waals surface area contributed by atoms with E-state index in [4.69, 9.17) is 8.83 Å². The maximum absolute atomic E-state index is 11.6. The van der Waals surface area contributed by atoms with Crippen LogP contribution in [0.2, 0.25) is 0 Å². The average Bonchev–Trinajstić information content (AvgIpc) is 3.25. The molecule has 0 aromatic carbocycles. The van der Waals surface area contributed by atoms with Crippen LogP contribution in [0.3, 0.4) is 0 Å². The summed E-state index contributed by atoms with van der Waals surface area (Å²) < 4.78 is 12.1. The zero-order chi connectivity index (χ0) is 20.3. The van der Waals surface area contributed by atoms with Gasteiger partial charge >= 0.3 is 0 Å². The van der Waals surface area contributed by atoms with E-state index >= 15 is 0 Å². The molecule has 2 fully saturated rings. The fourth-order valence-electron chi connectivity index (χ4n) is 4.89. The predicted octanol–water partition coefficient (Wildman–Crippen LogP) is 6.16. The summed E-state index contributed by atoms with van der Waals surface area (Å²) in [7, 11) is 0. The largest absolute Gasteiger partial charge is 0.465 e. The third-order valence-electron chi connectivity index (χ3n) is 6.92. The van der Waals surface area contributed by atoms with Crippen LogP contribution in [0.25, 0.3) is 0 Å². The number of rotatable bonds is 11. The summed E-state index contributed by atoms with van der Waals surface area (Å²) in [5.74, 6) is 5.00. The van der Waals surface area contributed by atoms with Gasteiger partial charge in [-0.3, -0.25) is 4.90 Å². The molecular weight excluding hydrogens is 362 g/mol. The molecule has 0 bridgehead atoms. The van der Waals surface area contributed by atoms with E-state index in [2.05, 4.69) is 24.0 Å². The lowest BCUT2D eigenvalue weighted by molar-refractivity contribution is -0.0494. The highest BCUT2D eigenvalue weighted by Gasteiger charge is 2.40. The Morgan fingerprint density at radius 2 is 1.52 bits per heavy atom. The van der Waals surface area contributed by atoms with Gasteiger partial charge in [0.25, 0.3) is 0 Å². The molecule has 2 aromatic heterocycles. The minimum Gasteiger partial charge on any atom is -0.465 e. The molecular formula is C25H37NO3. The predicted molar refractivity (Wildman–Crippen MR) is 114 cm³/mol. The van der Waals surface area contributed by atoms with Gasteiger partial charge in [0.05, 0.1) is 13.1 Å². The summed E-state index contributed by atoms with van der Waals surface area (Å²) in [4.78, 5) is 2.36. The van der Waals surface area contributed by atoms with Crippen LogP contribution in [0.5, 0.6) is 0 Å². The van der Waals surface area contributed by atoms with Gasteiger partial charge < -0.3 is 13.9 Å². The summed E-state index contributed by atoms with van der Waals surface area (Å²) in [6.07, 6.45) is 10.5. The quantitative estimate of drug-likeness (QED) is 0.491. The molecule has 2 aliphatic rings. The Balaban J connectivity index is 1.44. The molecule has 2 heterocycles. The average molecular weight is 400 g/mol. The molecule has 0 amide bonds. The van der Waals surface area contributed by atoms with Crippen LogP contribution in [0.1, 0.15) is 87.8 Å². The summed E-state index contributed by atoms with van der Waals surface area (Å²) >= 11 is 0. The molecule has 0 saturated heterocycles. The minimum absolute atomic E-state index is 0.660. The Hall–Kier alpha value is -1.52. The van der Waals surface area contributed by atoms with Gasteiger partial charge in [0.2, 0.25) is 0 Å². The van der Waals surface area contributed by atoms with Crippen molar-refractivity contribution in [2.45, 2.75) is 90.3 Å². The number of aliphatic hydroxyl groups is 1. The van der Waals surface area contributed by atoms with Crippen molar-refractivity contribution in [3.05, 3.63) is 47.3 Å². The molecule has 29 heavy (non-hydrogen) atoms. The van der Waals surface area contributed by atoms with E-state index in [1.807, 2.05) is 19.1 Å². The summed E-state index contributed by atoms with van der Waals surface area (Å²) in [5.41, 5.74) is -0.790. The van der Waals surface area contributed by atoms with Crippen LogP contribution in [-0.2, 0) is 18.7 Å². The Bertz CT molecular complexity index is 753. The lowest BCUT2D eigenvalue weighted by Crippen LogP contribution is -2.34. The van der Waals surface area contributed by atoms with E-state index in [0.29, 0.717) is 11.8 Å². The Labute approximate surface area is 175 Å². The summed E-state index contributed by atoms with van der Waals surface area (Å²) in [5, 5.41) is 11.6. The summed E-state index contributed by atoms with van der Waals surface area (Å²) in [6, 6.07) is 8.18. The van der Waals surface area contributed by atoms with Gasteiger partial charge in [-0.05, 0) is 68.8 Å². The van der Waals surface area contributed by atoms with Gasteiger partial charge in [0.1, 0.15) is 28.6 Å². The van der Waals surface area contributed by atoms with Crippen LogP contribution in [-0.4, -0.2) is 16.6 Å². The lowest BCUT2D eigenvalue weighted by Gasteiger charge is -2.39. The third kappa shape index (κ3) is 5.16. The SMILES string of the molecule is CCCN(Cc1ccc(C)o1)Cc1ccc(C(O)(CC2CCC2)CC2CCC2)o1. The number of nitrogens with zero attached hydrogens (tertiary/aromatic N) is 1. The number of furan rings is 2. The molecule has 0 aliphatic heterocycles. The van der Waals surface area contributed by atoms with Crippen LogP contribution in [0, 0.1) is 18.8 Å². The Morgan fingerprint density at radius 1 is 0.931 bits per heavy atom. The molecule has 4 rings (SSSR count). The first kappa shape index (κ1) is 20.7. The summed E-state index contributed by atoms with van der Waals surface area (Å²) in [6.45, 7) is 6.70. The van der Waals surface area contributed by atoms with Crippen molar-refractivity contribution in [3.63, 3.8) is 0 Å². The van der Waals surface area contributed by atoms with Crippen LogP contribution >= 0.6 is 0 Å². The fraction of sp³-hybridized carbons (Fsp3) is 0.680. The van der Waals surface area contributed by atoms with E-state index < -0.39 is 5.60 Å². The highest BCUT2D eigenvalue weighted by molar-refractivity contribution is 5.16. The van der Waals surface area contributed by atoms with E-state index in [0.717, 1.165) is 61.9 Å². The fourth-order valence-corrected chi connectivity index (χ4v) is 4.89. The highest BCUT2D eigenvalue weighted by Crippen LogP contribution is 2.45. The van der Waals surface area contributed by atoms with Crippen molar-refractivity contribution in [3.8, 4) is 0 Å². The van der Waals surface area contributed by atoms with Gasteiger partial charge in [-0.15, -0.1) is 0 Å². The van der Waals surface area contributed by atoms with Crippen LogP contribution < -0.4 is 0 Å². The molecule has 2 aliphatic carbocycles. The van der Waals surface area contributed by atoms with Crippen molar-refractivity contribution >= 4 is 0 Å². The Kier molecular flexibility index (Phi) is 6.50. The van der Waals surface area contributed by atoms with E-state index in [9.17, 15) is 5.11 Å². The van der Waals surface area contributed by atoms with Crippen molar-refractivity contribution in [2.75, 3.05) is 6.54 Å². The van der Waals surface area contributed by atoms with Crippen molar-refractivity contribution in [1.82, 2.24) is 4.90 Å². The first-order valence-corrected chi connectivity index (χ1v) is 11.6. The van der Waals surface area contributed by atoms with Crippen LogP contribution in [0.4, 0.5) is 0 Å². The topological polar surface area (TPSA) is 49.8 Å². The minimum atomic E-state index is -0.790. The van der Waals surface area contributed by atoms with Gasteiger partial charge in [-0.25, -0.2) is 0 Å². The molecule has 0 radical (unpaired) electrons. The van der Waals surface area contributed by atoms with Gasteiger partial charge in [0.15, 0.2) is 0 Å². The molecule has 2 aromatic rings. The molecule has 0 spiro atoms. The molecule has 160 valence electrons. The second-order valence-electron chi connectivity index (χ2n) is 9.52. The van der Waals surface area contributed by atoms with Crippen LogP contribution in [0.15, 0.2) is 33.1 Å².